The highest BCUT2D eigenvalue weighted by atomic mass is 16.4. The van der Waals surface area contributed by atoms with E-state index in [9.17, 15) is 0 Å². The van der Waals surface area contributed by atoms with Gasteiger partial charge in [0.25, 0.3) is 0 Å². The minimum Gasteiger partial charge on any atom is -0.406 e. The van der Waals surface area contributed by atoms with Crippen molar-refractivity contribution in [2.45, 2.75) is 19.4 Å². The van der Waals surface area contributed by atoms with Crippen LogP contribution >= 0.6 is 0 Å². The van der Waals surface area contributed by atoms with Crippen LogP contribution in [0.25, 0.3) is 0 Å². The molecule has 0 aliphatic heterocycles. The molecule has 0 bridgehead atoms. The molecule has 1 heterocycles. The summed E-state index contributed by atoms with van der Waals surface area (Å²) >= 11 is 0. The van der Waals surface area contributed by atoms with Gasteiger partial charge in [-0.15, -0.1) is 5.10 Å². The maximum atomic E-state index is 8.85. The van der Waals surface area contributed by atoms with E-state index in [1.165, 1.54) is 0 Å². The highest BCUT2D eigenvalue weighted by molar-refractivity contribution is 5.52. The summed E-state index contributed by atoms with van der Waals surface area (Å²) in [5.41, 5.74) is 1.96. The molecular weight excluding hydrogens is 244 g/mol. The molecule has 0 spiro atoms. The summed E-state index contributed by atoms with van der Waals surface area (Å²) in [6.07, 6.45) is 0.657. The second kappa shape index (κ2) is 6.31. The molecule has 1 aromatic heterocycles. The third kappa shape index (κ3) is 3.52. The molecule has 0 saturated carbocycles. The minimum absolute atomic E-state index is 0.0231. The van der Waals surface area contributed by atoms with Gasteiger partial charge in [0.1, 0.15) is 0 Å². The molecule has 2 aromatic rings. The smallest absolute Gasteiger partial charge is 0.320 e. The summed E-state index contributed by atoms with van der Waals surface area (Å²) < 4.78 is 5.48. The Hall–Kier alpha value is -1.92. The zero-order chi connectivity index (χ0) is 13.7. The van der Waals surface area contributed by atoms with Gasteiger partial charge in [0, 0.05) is 12.3 Å². The van der Waals surface area contributed by atoms with Crippen molar-refractivity contribution in [2.75, 3.05) is 19.0 Å². The number of aliphatic hydroxyl groups is 1. The number of nitrogens with one attached hydrogen (secondary N) is 2. The van der Waals surface area contributed by atoms with Gasteiger partial charge in [0.05, 0.1) is 6.04 Å². The maximum absolute atomic E-state index is 8.85. The first-order chi connectivity index (χ1) is 9.22. The van der Waals surface area contributed by atoms with Gasteiger partial charge in [-0.1, -0.05) is 17.2 Å². The SMILES string of the molecule is CNC(C)c1nnc(Nc2ccc(CCO)cc2)o1. The number of rotatable bonds is 6. The van der Waals surface area contributed by atoms with E-state index in [2.05, 4.69) is 20.8 Å². The molecule has 19 heavy (non-hydrogen) atoms. The Bertz CT molecular complexity index is 510. The lowest BCUT2D eigenvalue weighted by molar-refractivity contribution is 0.299. The van der Waals surface area contributed by atoms with Crippen molar-refractivity contribution in [2.24, 2.45) is 0 Å². The van der Waals surface area contributed by atoms with Gasteiger partial charge < -0.3 is 20.2 Å². The van der Waals surface area contributed by atoms with E-state index >= 15 is 0 Å². The molecule has 102 valence electrons. The summed E-state index contributed by atoms with van der Waals surface area (Å²) in [7, 11) is 1.84. The van der Waals surface area contributed by atoms with E-state index in [0.29, 0.717) is 18.3 Å². The highest BCUT2D eigenvalue weighted by Crippen LogP contribution is 2.18. The van der Waals surface area contributed by atoms with Crippen LogP contribution in [0.15, 0.2) is 28.7 Å². The fraction of sp³-hybridized carbons (Fsp3) is 0.385. The normalized spacial score (nSPS) is 12.4. The molecule has 0 saturated heterocycles. The molecule has 1 atom stereocenters. The number of hydrogen-bond acceptors (Lipinski definition) is 6. The van der Waals surface area contributed by atoms with E-state index in [1.807, 2.05) is 38.2 Å². The fourth-order valence-electron chi connectivity index (χ4n) is 1.59. The van der Waals surface area contributed by atoms with Crippen LogP contribution in [0, 0.1) is 0 Å². The van der Waals surface area contributed by atoms with E-state index < -0.39 is 0 Å². The van der Waals surface area contributed by atoms with E-state index in [1.54, 1.807) is 0 Å². The summed E-state index contributed by atoms with van der Waals surface area (Å²) in [6, 6.07) is 8.12. The van der Waals surface area contributed by atoms with Crippen molar-refractivity contribution >= 4 is 11.7 Å². The van der Waals surface area contributed by atoms with Gasteiger partial charge in [-0.3, -0.25) is 0 Å². The summed E-state index contributed by atoms with van der Waals surface area (Å²) in [5, 5.41) is 22.8. The van der Waals surface area contributed by atoms with Gasteiger partial charge in [0.2, 0.25) is 5.89 Å². The largest absolute Gasteiger partial charge is 0.406 e. The zero-order valence-electron chi connectivity index (χ0n) is 11.1. The van der Waals surface area contributed by atoms with Crippen molar-refractivity contribution in [1.82, 2.24) is 15.5 Å². The Labute approximate surface area is 111 Å². The van der Waals surface area contributed by atoms with Crippen LogP contribution in [-0.2, 0) is 6.42 Å². The van der Waals surface area contributed by atoms with Crippen LogP contribution in [0.5, 0.6) is 0 Å². The van der Waals surface area contributed by atoms with Gasteiger partial charge in [-0.25, -0.2) is 0 Å². The minimum atomic E-state index is 0.0231. The van der Waals surface area contributed by atoms with Gasteiger partial charge >= 0.3 is 6.01 Å². The molecule has 2 rings (SSSR count). The van der Waals surface area contributed by atoms with E-state index in [-0.39, 0.29) is 12.6 Å². The van der Waals surface area contributed by atoms with E-state index in [0.717, 1.165) is 11.3 Å². The molecule has 6 heteroatoms. The summed E-state index contributed by atoms with van der Waals surface area (Å²) in [6.45, 7) is 2.10. The molecule has 3 N–H and O–H groups in total. The van der Waals surface area contributed by atoms with Crippen LogP contribution in [-0.4, -0.2) is 29.0 Å². The topological polar surface area (TPSA) is 83.2 Å². The molecule has 0 radical (unpaired) electrons. The monoisotopic (exact) mass is 262 g/mol. The number of anilines is 2. The molecule has 6 nitrogen and oxygen atoms in total. The zero-order valence-corrected chi connectivity index (χ0v) is 11.1. The Morgan fingerprint density at radius 3 is 2.63 bits per heavy atom. The van der Waals surface area contributed by atoms with Crippen LogP contribution in [0.4, 0.5) is 11.7 Å². The average Bonchev–Trinajstić information content (AvgIpc) is 2.89. The van der Waals surface area contributed by atoms with Gasteiger partial charge in [-0.2, -0.15) is 0 Å². The highest BCUT2D eigenvalue weighted by Gasteiger charge is 2.11. The molecule has 0 aliphatic rings. The lowest BCUT2D eigenvalue weighted by Crippen LogP contribution is -2.12. The standard InChI is InChI=1S/C13H18N4O2/c1-9(14-2)12-16-17-13(19-12)15-11-5-3-10(4-6-11)7-8-18/h3-6,9,14,18H,7-8H2,1-2H3,(H,15,17). The third-order valence-electron chi connectivity index (χ3n) is 2.85. The van der Waals surface area contributed by atoms with Crippen molar-refractivity contribution in [1.29, 1.82) is 0 Å². The number of nitrogens with zero attached hydrogens (tertiary/aromatic N) is 2. The Kier molecular flexibility index (Phi) is 4.48. The summed E-state index contributed by atoms with van der Waals surface area (Å²) in [4.78, 5) is 0. The maximum Gasteiger partial charge on any atom is 0.320 e. The molecule has 1 aromatic carbocycles. The summed E-state index contributed by atoms with van der Waals surface area (Å²) in [5.74, 6) is 0.543. The van der Waals surface area contributed by atoms with Crippen molar-refractivity contribution in [3.05, 3.63) is 35.7 Å². The first kappa shape index (κ1) is 13.5. The van der Waals surface area contributed by atoms with Crippen LogP contribution in [0.1, 0.15) is 24.4 Å². The average molecular weight is 262 g/mol. The number of benzene rings is 1. The van der Waals surface area contributed by atoms with Crippen LogP contribution in [0.3, 0.4) is 0 Å². The Morgan fingerprint density at radius 1 is 1.26 bits per heavy atom. The van der Waals surface area contributed by atoms with Crippen molar-refractivity contribution in [3.8, 4) is 0 Å². The van der Waals surface area contributed by atoms with Gasteiger partial charge in [0.15, 0.2) is 0 Å². The molecule has 0 amide bonds. The van der Waals surface area contributed by atoms with Crippen molar-refractivity contribution < 1.29 is 9.52 Å². The molecule has 0 fully saturated rings. The van der Waals surface area contributed by atoms with Crippen LogP contribution in [0.2, 0.25) is 0 Å². The molecule has 1 unspecified atom stereocenters. The molecular formula is C13H18N4O2. The van der Waals surface area contributed by atoms with E-state index in [4.69, 9.17) is 9.52 Å². The predicted octanol–water partition coefficient (Wildman–Crippen LogP) is 1.63. The fourth-order valence-corrected chi connectivity index (χ4v) is 1.59. The van der Waals surface area contributed by atoms with Gasteiger partial charge in [-0.05, 0) is 38.1 Å². The lowest BCUT2D eigenvalue weighted by Gasteiger charge is -2.04. The number of aromatic nitrogens is 2. The van der Waals surface area contributed by atoms with Crippen molar-refractivity contribution in [3.63, 3.8) is 0 Å². The Morgan fingerprint density at radius 2 is 2.00 bits per heavy atom. The second-order valence-corrected chi connectivity index (χ2v) is 4.25. The van der Waals surface area contributed by atoms with Crippen LogP contribution < -0.4 is 10.6 Å². The molecule has 0 aliphatic carbocycles. The lowest BCUT2D eigenvalue weighted by atomic mass is 10.1. The number of hydrogen-bond donors (Lipinski definition) is 3. The predicted molar refractivity (Wildman–Crippen MR) is 72.3 cm³/mol. The Balaban J connectivity index is 2.02. The number of aliphatic hydroxyl groups excluding tert-OH is 1. The third-order valence-corrected chi connectivity index (χ3v) is 2.85. The second-order valence-electron chi connectivity index (χ2n) is 4.25. The first-order valence-electron chi connectivity index (χ1n) is 6.20. The quantitative estimate of drug-likeness (QED) is 0.734. The first-order valence-corrected chi connectivity index (χ1v) is 6.20.